The molecule has 2 aliphatic heterocycles. The molecule has 2 heterocycles. The van der Waals surface area contributed by atoms with E-state index in [1.165, 1.54) is 7.11 Å². The molecular weight excluding hydrogens is 374 g/mol. The quantitative estimate of drug-likeness (QED) is 0.420. The van der Waals surface area contributed by atoms with E-state index in [-0.39, 0.29) is 0 Å². The largest absolute Gasteiger partial charge is 0.370 e. The Hall–Kier alpha value is -2.45. The van der Waals surface area contributed by atoms with Gasteiger partial charge in [0.25, 0.3) is 0 Å². The predicted molar refractivity (Wildman–Crippen MR) is 104 cm³/mol. The van der Waals surface area contributed by atoms with Crippen LogP contribution in [0, 0.1) is 0 Å². The van der Waals surface area contributed by atoms with Crippen LogP contribution in [-0.2, 0) is 30.3 Å². The molecule has 0 spiro atoms. The monoisotopic (exact) mass is 397 g/mol. The molecule has 2 aromatic rings. The van der Waals surface area contributed by atoms with Crippen LogP contribution in [0.4, 0.5) is 0 Å². The number of benzene rings is 2. The summed E-state index contributed by atoms with van der Waals surface area (Å²) in [5, 5.41) is 3.90. The Kier molecular flexibility index (Phi) is 6.41. The number of azide groups is 1. The molecule has 2 fully saturated rings. The summed E-state index contributed by atoms with van der Waals surface area (Å²) in [6, 6.07) is 18.8. The minimum atomic E-state index is -0.742. The Morgan fingerprint density at radius 2 is 1.79 bits per heavy atom. The van der Waals surface area contributed by atoms with Gasteiger partial charge in [-0.25, -0.2) is 0 Å². The molecule has 2 saturated heterocycles. The van der Waals surface area contributed by atoms with E-state index in [0.717, 1.165) is 11.1 Å². The van der Waals surface area contributed by atoms with Crippen molar-refractivity contribution in [1.82, 2.24) is 0 Å². The molecule has 2 aromatic carbocycles. The highest BCUT2D eigenvalue weighted by atomic mass is 16.7. The Labute approximate surface area is 168 Å². The van der Waals surface area contributed by atoms with Crippen molar-refractivity contribution >= 4 is 0 Å². The molecule has 0 amide bonds. The Balaban J connectivity index is 1.58. The predicted octanol–water partition coefficient (Wildman–Crippen LogP) is 3.74. The molecule has 29 heavy (non-hydrogen) atoms. The van der Waals surface area contributed by atoms with Gasteiger partial charge in [0.05, 0.1) is 13.2 Å². The maximum atomic E-state index is 9.09. The maximum absolute atomic E-state index is 9.09. The molecule has 0 radical (unpaired) electrons. The SMILES string of the molecule is CO[C@H]1O[C@@H]2CO[C@@H](c3ccccc3)O[C@H]2[C@@H](OCc2ccccc2)[C@@H]1N=[N+]=[N-]. The zero-order valence-corrected chi connectivity index (χ0v) is 16.0. The van der Waals surface area contributed by atoms with Gasteiger partial charge in [-0.3, -0.25) is 0 Å². The van der Waals surface area contributed by atoms with Crippen LogP contribution >= 0.6 is 0 Å². The van der Waals surface area contributed by atoms with Crippen molar-refractivity contribution in [2.24, 2.45) is 5.11 Å². The van der Waals surface area contributed by atoms with Crippen LogP contribution < -0.4 is 0 Å². The average molecular weight is 397 g/mol. The average Bonchev–Trinajstić information content (AvgIpc) is 2.79. The molecule has 6 atom stereocenters. The second kappa shape index (κ2) is 9.37. The number of ether oxygens (including phenoxy) is 5. The summed E-state index contributed by atoms with van der Waals surface area (Å²) in [4.78, 5) is 2.98. The topological polar surface area (TPSA) is 94.9 Å². The zero-order chi connectivity index (χ0) is 20.1. The van der Waals surface area contributed by atoms with Gasteiger partial charge >= 0.3 is 0 Å². The summed E-state index contributed by atoms with van der Waals surface area (Å²) in [6.45, 7) is 0.668. The Morgan fingerprint density at radius 3 is 2.48 bits per heavy atom. The van der Waals surface area contributed by atoms with Crippen molar-refractivity contribution < 1.29 is 23.7 Å². The first-order valence-electron chi connectivity index (χ1n) is 9.50. The van der Waals surface area contributed by atoms with E-state index < -0.39 is 36.9 Å². The maximum Gasteiger partial charge on any atom is 0.184 e. The normalized spacial score (nSPS) is 31.5. The standard InChI is InChI=1S/C21H23N3O5/c1-25-21-17(23-24-22)19(26-12-14-8-4-2-5-9-14)18-16(28-21)13-27-20(29-18)15-10-6-3-7-11-15/h2-11,16-21H,12-13H2,1H3/t16-,17+,18-,19+,20-,21+/m1/s1. The first-order chi connectivity index (χ1) is 14.3. The lowest BCUT2D eigenvalue weighted by Crippen LogP contribution is -2.62. The zero-order valence-electron chi connectivity index (χ0n) is 16.0. The van der Waals surface area contributed by atoms with E-state index in [1.807, 2.05) is 60.7 Å². The van der Waals surface area contributed by atoms with Crippen LogP contribution in [0.15, 0.2) is 65.8 Å². The minimum Gasteiger partial charge on any atom is -0.370 e. The van der Waals surface area contributed by atoms with Gasteiger partial charge in [-0.2, -0.15) is 0 Å². The highest BCUT2D eigenvalue weighted by Crippen LogP contribution is 2.36. The highest BCUT2D eigenvalue weighted by Gasteiger charge is 2.50. The summed E-state index contributed by atoms with van der Waals surface area (Å²) in [5.74, 6) is 0. The summed E-state index contributed by atoms with van der Waals surface area (Å²) < 4.78 is 29.7. The second-order valence-electron chi connectivity index (χ2n) is 6.91. The van der Waals surface area contributed by atoms with Crippen LogP contribution in [-0.4, -0.2) is 44.4 Å². The molecule has 0 saturated carbocycles. The fourth-order valence-electron chi connectivity index (χ4n) is 3.67. The first kappa shape index (κ1) is 19.8. The van der Waals surface area contributed by atoms with Crippen molar-refractivity contribution in [3.63, 3.8) is 0 Å². The van der Waals surface area contributed by atoms with E-state index >= 15 is 0 Å². The van der Waals surface area contributed by atoms with E-state index in [2.05, 4.69) is 10.0 Å². The number of methoxy groups -OCH3 is 1. The van der Waals surface area contributed by atoms with Crippen LogP contribution in [0.1, 0.15) is 17.4 Å². The van der Waals surface area contributed by atoms with Crippen molar-refractivity contribution in [1.29, 1.82) is 0 Å². The molecule has 0 unspecified atom stereocenters. The highest BCUT2D eigenvalue weighted by molar-refractivity contribution is 5.17. The van der Waals surface area contributed by atoms with Gasteiger partial charge in [0, 0.05) is 17.6 Å². The molecule has 0 aliphatic carbocycles. The number of hydrogen-bond donors (Lipinski definition) is 0. The molecule has 8 heteroatoms. The molecular formula is C21H23N3O5. The van der Waals surface area contributed by atoms with E-state index in [1.54, 1.807) is 0 Å². The van der Waals surface area contributed by atoms with Gasteiger partial charge in [-0.05, 0) is 11.1 Å². The van der Waals surface area contributed by atoms with Crippen molar-refractivity contribution in [3.05, 3.63) is 82.2 Å². The summed E-state index contributed by atoms with van der Waals surface area (Å²) >= 11 is 0. The fourth-order valence-corrected chi connectivity index (χ4v) is 3.67. The molecule has 8 nitrogen and oxygen atoms in total. The fraction of sp³-hybridized carbons (Fsp3) is 0.429. The lowest BCUT2D eigenvalue weighted by molar-refractivity contribution is -0.344. The van der Waals surface area contributed by atoms with Crippen LogP contribution in [0.3, 0.4) is 0 Å². The number of nitrogens with zero attached hydrogens (tertiary/aromatic N) is 3. The first-order valence-corrected chi connectivity index (χ1v) is 9.50. The molecule has 4 rings (SSSR count). The van der Waals surface area contributed by atoms with Gasteiger partial charge in [-0.1, -0.05) is 65.8 Å². The van der Waals surface area contributed by atoms with Gasteiger partial charge in [0.1, 0.15) is 24.4 Å². The summed E-state index contributed by atoms with van der Waals surface area (Å²) in [7, 11) is 1.51. The lowest BCUT2D eigenvalue weighted by Gasteiger charge is -2.47. The third kappa shape index (κ3) is 4.43. The third-order valence-electron chi connectivity index (χ3n) is 5.08. The second-order valence-corrected chi connectivity index (χ2v) is 6.91. The van der Waals surface area contributed by atoms with E-state index in [9.17, 15) is 0 Å². The summed E-state index contributed by atoms with van der Waals surface area (Å²) in [6.07, 6.45) is -2.71. The van der Waals surface area contributed by atoms with Crippen molar-refractivity contribution in [2.75, 3.05) is 13.7 Å². The number of rotatable bonds is 6. The molecule has 0 aromatic heterocycles. The van der Waals surface area contributed by atoms with Crippen LogP contribution in [0.25, 0.3) is 10.4 Å². The third-order valence-corrected chi connectivity index (χ3v) is 5.08. The van der Waals surface area contributed by atoms with Gasteiger partial charge in [0.15, 0.2) is 12.6 Å². The Bertz CT molecular complexity index is 831. The molecule has 0 N–H and O–H groups in total. The van der Waals surface area contributed by atoms with Crippen LogP contribution in [0.5, 0.6) is 0 Å². The van der Waals surface area contributed by atoms with Crippen molar-refractivity contribution in [2.45, 2.75) is 43.5 Å². The smallest absolute Gasteiger partial charge is 0.184 e. The Morgan fingerprint density at radius 1 is 1.07 bits per heavy atom. The van der Waals surface area contributed by atoms with E-state index in [0.29, 0.717) is 13.2 Å². The molecule has 152 valence electrons. The minimum absolute atomic E-state index is 0.318. The van der Waals surface area contributed by atoms with Gasteiger partial charge in [0.2, 0.25) is 0 Å². The molecule has 0 bridgehead atoms. The van der Waals surface area contributed by atoms with Gasteiger partial charge in [-0.15, -0.1) is 0 Å². The molecule has 2 aliphatic rings. The van der Waals surface area contributed by atoms with Crippen molar-refractivity contribution in [3.8, 4) is 0 Å². The van der Waals surface area contributed by atoms with E-state index in [4.69, 9.17) is 29.2 Å². The number of hydrogen-bond acceptors (Lipinski definition) is 6. The van der Waals surface area contributed by atoms with Crippen LogP contribution in [0.2, 0.25) is 0 Å². The summed E-state index contributed by atoms with van der Waals surface area (Å²) in [5.41, 5.74) is 11.0. The lowest BCUT2D eigenvalue weighted by atomic mass is 9.96. The van der Waals surface area contributed by atoms with Gasteiger partial charge < -0.3 is 23.7 Å². The number of fused-ring (bicyclic) bond motifs is 1.